The first-order valence-corrected chi connectivity index (χ1v) is 25.2. The largest absolute Gasteiger partial charge is 0.139 e. The molecule has 282 valence electrons. The summed E-state index contributed by atoms with van der Waals surface area (Å²) in [5, 5.41) is 0. The second kappa shape index (κ2) is 20.0. The van der Waals surface area contributed by atoms with Gasteiger partial charge in [0, 0.05) is 58.5 Å². The number of hydrogen-bond donors (Lipinski definition) is 0. The first-order chi connectivity index (χ1) is 26.6. The van der Waals surface area contributed by atoms with E-state index in [1.54, 1.807) is 0 Å². The van der Waals surface area contributed by atoms with Gasteiger partial charge in [-0.2, -0.15) is 0 Å². The molecule has 0 saturated heterocycles. The molecule has 6 aromatic heterocycles. The van der Waals surface area contributed by atoms with Crippen LogP contribution in [-0.2, 0) is 19.3 Å². The van der Waals surface area contributed by atoms with Crippen LogP contribution in [0.2, 0.25) is 0 Å². The summed E-state index contributed by atoms with van der Waals surface area (Å²) in [6, 6.07) is 35.5. The molecule has 0 N–H and O–H groups in total. The smallest absolute Gasteiger partial charge is 0.0449 e. The van der Waals surface area contributed by atoms with Gasteiger partial charge in [0.2, 0.25) is 0 Å². The van der Waals surface area contributed by atoms with Crippen molar-refractivity contribution in [2.45, 2.75) is 117 Å². The minimum Gasteiger partial charge on any atom is -0.139 e. The van der Waals surface area contributed by atoms with Crippen molar-refractivity contribution in [3.05, 3.63) is 106 Å². The van der Waals surface area contributed by atoms with Crippen molar-refractivity contribution in [3.63, 3.8) is 0 Å². The van der Waals surface area contributed by atoms with E-state index in [1.807, 2.05) is 68.0 Å². The summed E-state index contributed by atoms with van der Waals surface area (Å²) in [5.74, 6) is 0. The van der Waals surface area contributed by atoms with E-state index in [9.17, 15) is 0 Å². The fourth-order valence-corrected chi connectivity index (χ4v) is 13.4. The number of rotatable bonds is 21. The van der Waals surface area contributed by atoms with Crippen LogP contribution >= 0.6 is 68.0 Å². The van der Waals surface area contributed by atoms with E-state index < -0.39 is 0 Å². The minimum absolute atomic E-state index is 1.21. The van der Waals surface area contributed by atoms with Gasteiger partial charge >= 0.3 is 0 Å². The molecule has 0 radical (unpaired) electrons. The zero-order chi connectivity index (χ0) is 37.1. The average molecular weight is 823 g/mol. The van der Waals surface area contributed by atoms with Crippen molar-refractivity contribution in [2.24, 2.45) is 0 Å². The Kier molecular flexibility index (Phi) is 14.7. The molecule has 1 aromatic carbocycles. The summed E-state index contributed by atoms with van der Waals surface area (Å²) in [7, 11) is 0. The molecular weight excluding hydrogens is 769 g/mol. The molecule has 0 unspecified atom stereocenters. The summed E-state index contributed by atoms with van der Waals surface area (Å²) < 4.78 is 0. The van der Waals surface area contributed by atoms with Gasteiger partial charge in [0.25, 0.3) is 0 Å². The van der Waals surface area contributed by atoms with Gasteiger partial charge in [-0.3, -0.25) is 0 Å². The summed E-state index contributed by atoms with van der Waals surface area (Å²) in [6.07, 6.45) is 19.4. The molecule has 7 rings (SSSR count). The highest BCUT2D eigenvalue weighted by atomic mass is 32.1. The van der Waals surface area contributed by atoms with Crippen LogP contribution in [0.1, 0.15) is 112 Å². The Labute approximate surface area is 348 Å². The van der Waals surface area contributed by atoms with Gasteiger partial charge < -0.3 is 0 Å². The van der Waals surface area contributed by atoms with Gasteiger partial charge in [-0.25, -0.2) is 0 Å². The number of aryl methyl sites for hydroxylation is 3. The monoisotopic (exact) mass is 822 g/mol. The Hall–Kier alpha value is -2.58. The van der Waals surface area contributed by atoms with Gasteiger partial charge in [0.15, 0.2) is 0 Å². The predicted octanol–water partition coefficient (Wildman–Crippen LogP) is 18.4. The highest BCUT2D eigenvalue weighted by Gasteiger charge is 2.16. The van der Waals surface area contributed by atoms with E-state index in [4.69, 9.17) is 0 Å². The van der Waals surface area contributed by atoms with Crippen molar-refractivity contribution < 1.29 is 0 Å². The minimum atomic E-state index is 1.21. The lowest BCUT2D eigenvalue weighted by atomic mass is 10.0. The Bertz CT molecular complexity index is 1920. The lowest BCUT2D eigenvalue weighted by Crippen LogP contribution is -1.81. The van der Waals surface area contributed by atoms with Crippen molar-refractivity contribution in [2.75, 3.05) is 0 Å². The van der Waals surface area contributed by atoms with Gasteiger partial charge in [-0.1, -0.05) is 78.6 Å². The van der Waals surface area contributed by atoms with Crippen LogP contribution in [0.3, 0.4) is 0 Å². The van der Waals surface area contributed by atoms with Crippen LogP contribution < -0.4 is 0 Å². The summed E-state index contributed by atoms with van der Waals surface area (Å²) in [5.41, 5.74) is 3.95. The first kappa shape index (κ1) is 39.6. The molecule has 0 spiro atoms. The van der Waals surface area contributed by atoms with Crippen molar-refractivity contribution in [1.29, 1.82) is 0 Å². The van der Waals surface area contributed by atoms with Gasteiger partial charge in [0.1, 0.15) is 0 Å². The summed E-state index contributed by atoms with van der Waals surface area (Å²) in [6.45, 7) is 6.87. The molecule has 0 saturated carbocycles. The van der Waals surface area contributed by atoms with E-state index >= 15 is 0 Å². The highest BCUT2D eigenvalue weighted by Crippen LogP contribution is 2.45. The number of benzene rings is 1. The zero-order valence-corrected chi connectivity index (χ0v) is 37.1. The number of unbranched alkanes of at least 4 members (excludes halogenated alkanes) is 9. The Morgan fingerprint density at radius 2 is 0.537 bits per heavy atom. The third-order valence-electron chi connectivity index (χ3n) is 10.1. The average Bonchev–Trinajstić information content (AvgIpc) is 4.04. The maximum atomic E-state index is 2.44. The number of hydrogen-bond acceptors (Lipinski definition) is 6. The lowest BCUT2D eigenvalue weighted by molar-refractivity contribution is 0.670. The first-order valence-electron chi connectivity index (χ1n) is 20.3. The van der Waals surface area contributed by atoms with E-state index in [1.165, 1.54) is 172 Å². The molecule has 0 atom stereocenters. The zero-order valence-electron chi connectivity index (χ0n) is 32.2. The normalized spacial score (nSPS) is 11.6. The SMILES string of the molecule is CCCCCCc1ccc(-c2ccc(-c3cc(-c4ccc(-c5ccc(CCCCCC)s5)s4)cc(-c4ccc(-c5ccc(CCCCCC)s5)s4)c3)s2)s1. The van der Waals surface area contributed by atoms with Gasteiger partial charge in [-0.15, -0.1) is 68.0 Å². The Morgan fingerprint density at radius 1 is 0.278 bits per heavy atom. The molecule has 54 heavy (non-hydrogen) atoms. The second-order valence-electron chi connectivity index (χ2n) is 14.5. The van der Waals surface area contributed by atoms with Crippen molar-refractivity contribution in [1.82, 2.24) is 0 Å². The van der Waals surface area contributed by atoms with Crippen LogP contribution in [0.15, 0.2) is 91.0 Å². The summed E-state index contributed by atoms with van der Waals surface area (Å²) >= 11 is 11.8. The number of thiophene rings is 6. The summed E-state index contributed by atoms with van der Waals surface area (Å²) in [4.78, 5) is 16.9. The molecule has 0 aliphatic rings. The molecule has 6 heterocycles. The molecule has 0 aliphatic heterocycles. The van der Waals surface area contributed by atoms with E-state index in [0.29, 0.717) is 0 Å². The van der Waals surface area contributed by atoms with Crippen molar-refractivity contribution >= 4 is 68.0 Å². The molecule has 7 aromatic rings. The van der Waals surface area contributed by atoms with Crippen LogP contribution in [0, 0.1) is 0 Å². The van der Waals surface area contributed by atoms with E-state index in [-0.39, 0.29) is 0 Å². The van der Waals surface area contributed by atoms with Gasteiger partial charge in [0.05, 0.1) is 0 Å². The predicted molar refractivity (Wildman–Crippen MR) is 250 cm³/mol. The molecule has 6 heteroatoms. The third kappa shape index (κ3) is 10.4. The molecule has 0 nitrogen and oxygen atoms in total. The standard InChI is InChI=1S/C48H54S6/c1-4-7-10-13-16-37-19-22-43(49-37)46-28-25-40(52-46)34-31-35(41-26-29-47(53-41)44-23-20-38(50-44)17-14-11-8-5-2)33-36(32-34)42-27-30-48(54-42)45-24-21-39(51-45)18-15-12-9-6-3/h19-33H,4-18H2,1-3H3. The Morgan fingerprint density at radius 3 is 0.833 bits per heavy atom. The second-order valence-corrected chi connectivity index (χ2v) is 21.3. The highest BCUT2D eigenvalue weighted by molar-refractivity contribution is 7.25. The third-order valence-corrected chi connectivity index (χ3v) is 17.6. The Balaban J connectivity index is 1.16. The van der Waals surface area contributed by atoms with E-state index in [0.717, 1.165) is 0 Å². The molecule has 0 fully saturated rings. The van der Waals surface area contributed by atoms with Crippen LogP contribution in [0.4, 0.5) is 0 Å². The quantitative estimate of drug-likeness (QED) is 0.0634. The molecule has 0 aliphatic carbocycles. The molecular formula is C48H54S6. The fraction of sp³-hybridized carbons (Fsp3) is 0.375. The molecule has 0 bridgehead atoms. The van der Waals surface area contributed by atoms with Crippen LogP contribution in [0.5, 0.6) is 0 Å². The maximum Gasteiger partial charge on any atom is 0.0449 e. The lowest BCUT2D eigenvalue weighted by Gasteiger charge is -2.07. The molecule has 0 amide bonds. The van der Waals surface area contributed by atoms with Crippen LogP contribution in [-0.4, -0.2) is 0 Å². The maximum absolute atomic E-state index is 2.44. The fourth-order valence-electron chi connectivity index (χ4n) is 7.04. The van der Waals surface area contributed by atoms with Crippen LogP contribution in [0.25, 0.3) is 60.6 Å². The van der Waals surface area contributed by atoms with E-state index in [2.05, 4.69) is 112 Å². The van der Waals surface area contributed by atoms with Gasteiger partial charge in [-0.05, 0) is 146 Å². The topological polar surface area (TPSA) is 0 Å². The van der Waals surface area contributed by atoms with Crippen molar-refractivity contribution in [3.8, 4) is 60.6 Å².